The van der Waals surface area contributed by atoms with Gasteiger partial charge in [-0.3, -0.25) is 0 Å². The van der Waals surface area contributed by atoms with E-state index in [-0.39, 0.29) is 0 Å². The summed E-state index contributed by atoms with van der Waals surface area (Å²) in [6.07, 6.45) is 1.75. The molecule has 3 aromatic rings. The van der Waals surface area contributed by atoms with Gasteiger partial charge in [0.1, 0.15) is 17.1 Å². The van der Waals surface area contributed by atoms with Crippen molar-refractivity contribution in [2.75, 3.05) is 7.11 Å². The number of aromatic nitrogens is 2. The van der Waals surface area contributed by atoms with Gasteiger partial charge in [-0.05, 0) is 25.1 Å². The van der Waals surface area contributed by atoms with Crippen LogP contribution in [0.5, 0.6) is 5.75 Å². The molecule has 3 rings (SSSR count). The summed E-state index contributed by atoms with van der Waals surface area (Å²) in [6.45, 7) is 1.94. The summed E-state index contributed by atoms with van der Waals surface area (Å²) in [6, 6.07) is 19.4. The minimum Gasteiger partial charge on any atom is -0.494 e. The summed E-state index contributed by atoms with van der Waals surface area (Å²) in [5.41, 5.74) is 3.33. The number of aliphatic imine (C=N–C) groups is 1. The molecule has 0 bridgehead atoms. The van der Waals surface area contributed by atoms with E-state index in [2.05, 4.69) is 9.97 Å². The quantitative estimate of drug-likeness (QED) is 0.685. The van der Waals surface area contributed by atoms with Gasteiger partial charge in [-0.2, -0.15) is 0 Å². The molecule has 4 heteroatoms. The highest BCUT2D eigenvalue weighted by atomic mass is 16.5. The van der Waals surface area contributed by atoms with Crippen molar-refractivity contribution in [3.63, 3.8) is 0 Å². The molecule has 23 heavy (non-hydrogen) atoms. The summed E-state index contributed by atoms with van der Waals surface area (Å²) in [5, 5.41) is 0. The summed E-state index contributed by atoms with van der Waals surface area (Å²) < 4.78 is 5.39. The van der Waals surface area contributed by atoms with E-state index < -0.39 is 0 Å². The minimum absolute atomic E-state index is 0.599. The zero-order chi connectivity index (χ0) is 16.1. The van der Waals surface area contributed by atoms with Crippen molar-refractivity contribution in [3.8, 4) is 5.75 Å². The van der Waals surface area contributed by atoms with Crippen molar-refractivity contribution in [3.05, 3.63) is 83.9 Å². The fraction of sp³-hybridized carbons (Fsp3) is 0.105. The molecule has 0 saturated heterocycles. The van der Waals surface area contributed by atoms with Crippen LogP contribution in [0.15, 0.2) is 71.9 Å². The normalized spacial score (nSPS) is 11.3. The first-order valence-electron chi connectivity index (χ1n) is 7.35. The summed E-state index contributed by atoms with van der Waals surface area (Å²) in [5.74, 6) is 1.32. The first-order valence-corrected chi connectivity index (χ1v) is 7.35. The number of methoxy groups -OCH3 is 1. The minimum atomic E-state index is 0.599. The second-order valence-corrected chi connectivity index (χ2v) is 5.02. The standard InChI is InChI=1S/C19H17N3O/c1-14-12-13-20-19(21-14)18(15-8-4-3-5-9-15)22-16-10-6-7-11-17(16)23-2/h3-13H,1-2H3. The maximum atomic E-state index is 5.39. The van der Waals surface area contributed by atoms with Crippen LogP contribution in [0.3, 0.4) is 0 Å². The van der Waals surface area contributed by atoms with Gasteiger partial charge in [0.15, 0.2) is 5.82 Å². The Morgan fingerprint density at radius 1 is 0.957 bits per heavy atom. The molecule has 0 amide bonds. The monoisotopic (exact) mass is 303 g/mol. The Morgan fingerprint density at radius 3 is 2.43 bits per heavy atom. The molecule has 114 valence electrons. The highest BCUT2D eigenvalue weighted by Crippen LogP contribution is 2.27. The van der Waals surface area contributed by atoms with Gasteiger partial charge >= 0.3 is 0 Å². The Labute approximate surface area is 135 Å². The van der Waals surface area contributed by atoms with Crippen LogP contribution in [0.1, 0.15) is 17.1 Å². The highest BCUT2D eigenvalue weighted by Gasteiger charge is 2.12. The molecule has 0 atom stereocenters. The van der Waals surface area contributed by atoms with Crippen LogP contribution < -0.4 is 4.74 Å². The van der Waals surface area contributed by atoms with Crippen LogP contribution in [-0.4, -0.2) is 22.8 Å². The van der Waals surface area contributed by atoms with Crippen molar-refractivity contribution in [1.82, 2.24) is 9.97 Å². The molecule has 0 unspecified atom stereocenters. The summed E-state index contributed by atoms with van der Waals surface area (Å²) >= 11 is 0. The first-order chi connectivity index (χ1) is 11.3. The number of para-hydroxylation sites is 2. The molecule has 0 aliphatic rings. The van der Waals surface area contributed by atoms with Gasteiger partial charge in [-0.25, -0.2) is 15.0 Å². The van der Waals surface area contributed by atoms with Gasteiger partial charge < -0.3 is 4.74 Å². The Hall–Kier alpha value is -3.01. The van der Waals surface area contributed by atoms with E-state index >= 15 is 0 Å². The Bertz CT molecular complexity index is 829. The lowest BCUT2D eigenvalue weighted by molar-refractivity contribution is 0.416. The van der Waals surface area contributed by atoms with Gasteiger partial charge in [-0.1, -0.05) is 42.5 Å². The van der Waals surface area contributed by atoms with Gasteiger partial charge in [-0.15, -0.1) is 0 Å². The van der Waals surface area contributed by atoms with Crippen molar-refractivity contribution in [2.45, 2.75) is 6.92 Å². The molecule has 0 aliphatic heterocycles. The Balaban J connectivity index is 2.18. The maximum absolute atomic E-state index is 5.39. The number of rotatable bonds is 4. The fourth-order valence-electron chi connectivity index (χ4n) is 2.25. The van der Waals surface area contributed by atoms with Gasteiger partial charge in [0.2, 0.25) is 0 Å². The van der Waals surface area contributed by atoms with E-state index in [9.17, 15) is 0 Å². The first kappa shape index (κ1) is 14.9. The second kappa shape index (κ2) is 6.83. The molecule has 4 nitrogen and oxygen atoms in total. The molecule has 1 aromatic heterocycles. The van der Waals surface area contributed by atoms with Crippen LogP contribution in [0, 0.1) is 6.92 Å². The lowest BCUT2D eigenvalue weighted by Crippen LogP contribution is -2.09. The number of benzene rings is 2. The molecule has 0 spiro atoms. The van der Waals surface area contributed by atoms with Crippen molar-refractivity contribution < 1.29 is 4.74 Å². The van der Waals surface area contributed by atoms with E-state index in [0.29, 0.717) is 11.6 Å². The lowest BCUT2D eigenvalue weighted by Gasteiger charge is -2.09. The molecule has 2 aromatic carbocycles. The van der Waals surface area contributed by atoms with Crippen molar-refractivity contribution in [1.29, 1.82) is 0 Å². The summed E-state index contributed by atoms with van der Waals surface area (Å²) in [7, 11) is 1.64. The Morgan fingerprint density at radius 2 is 1.70 bits per heavy atom. The van der Waals surface area contributed by atoms with E-state index in [0.717, 1.165) is 22.7 Å². The van der Waals surface area contributed by atoms with Crippen LogP contribution >= 0.6 is 0 Å². The van der Waals surface area contributed by atoms with E-state index in [4.69, 9.17) is 9.73 Å². The van der Waals surface area contributed by atoms with Crippen LogP contribution in [0.25, 0.3) is 0 Å². The third-order valence-electron chi connectivity index (χ3n) is 3.37. The van der Waals surface area contributed by atoms with Gasteiger partial charge in [0, 0.05) is 17.5 Å². The average molecular weight is 303 g/mol. The van der Waals surface area contributed by atoms with E-state index in [1.54, 1.807) is 13.3 Å². The van der Waals surface area contributed by atoms with Crippen LogP contribution in [0.4, 0.5) is 5.69 Å². The number of hydrogen-bond donors (Lipinski definition) is 0. The largest absolute Gasteiger partial charge is 0.494 e. The molecule has 0 saturated carbocycles. The SMILES string of the molecule is COc1ccccc1N=C(c1ccccc1)c1nccc(C)n1. The van der Waals surface area contributed by atoms with Crippen molar-refractivity contribution in [2.24, 2.45) is 4.99 Å². The smallest absolute Gasteiger partial charge is 0.178 e. The number of hydrogen-bond acceptors (Lipinski definition) is 4. The van der Waals surface area contributed by atoms with E-state index in [1.807, 2.05) is 67.6 Å². The Kier molecular flexibility index (Phi) is 4.43. The van der Waals surface area contributed by atoms with Crippen LogP contribution in [-0.2, 0) is 0 Å². The average Bonchev–Trinajstić information content (AvgIpc) is 2.60. The molecule has 1 heterocycles. The number of aryl methyl sites for hydroxylation is 1. The van der Waals surface area contributed by atoms with E-state index in [1.165, 1.54) is 0 Å². The van der Waals surface area contributed by atoms with Gasteiger partial charge in [0.05, 0.1) is 7.11 Å². The lowest BCUT2D eigenvalue weighted by atomic mass is 10.1. The molecule has 0 aliphatic carbocycles. The van der Waals surface area contributed by atoms with Crippen molar-refractivity contribution >= 4 is 11.4 Å². The number of ether oxygens (including phenoxy) is 1. The molecule has 0 N–H and O–H groups in total. The fourth-order valence-corrected chi connectivity index (χ4v) is 2.25. The predicted molar refractivity (Wildman–Crippen MR) is 91.5 cm³/mol. The zero-order valence-corrected chi connectivity index (χ0v) is 13.1. The predicted octanol–water partition coefficient (Wildman–Crippen LogP) is 3.96. The molecule has 0 radical (unpaired) electrons. The summed E-state index contributed by atoms with van der Waals surface area (Å²) in [4.78, 5) is 13.7. The third kappa shape index (κ3) is 3.43. The molecular formula is C19H17N3O. The second-order valence-electron chi connectivity index (χ2n) is 5.02. The topological polar surface area (TPSA) is 47.4 Å². The third-order valence-corrected chi connectivity index (χ3v) is 3.37. The van der Waals surface area contributed by atoms with Gasteiger partial charge in [0.25, 0.3) is 0 Å². The maximum Gasteiger partial charge on any atom is 0.178 e. The number of nitrogens with zero attached hydrogens (tertiary/aromatic N) is 3. The molecule has 0 fully saturated rings. The van der Waals surface area contributed by atoms with Crippen LogP contribution in [0.2, 0.25) is 0 Å². The highest BCUT2D eigenvalue weighted by molar-refractivity contribution is 6.11. The molecular weight excluding hydrogens is 286 g/mol. The zero-order valence-electron chi connectivity index (χ0n) is 13.1.